The van der Waals surface area contributed by atoms with Gasteiger partial charge in [-0.25, -0.2) is 8.78 Å². The summed E-state index contributed by atoms with van der Waals surface area (Å²) < 4.78 is 26.5. The molecule has 0 atom stereocenters. The van der Waals surface area contributed by atoms with E-state index in [-0.39, 0.29) is 30.9 Å². The van der Waals surface area contributed by atoms with E-state index in [1.807, 2.05) is 18.2 Å². The van der Waals surface area contributed by atoms with Crippen molar-refractivity contribution in [2.45, 2.75) is 26.0 Å². The highest BCUT2D eigenvalue weighted by Gasteiger charge is 2.10. The summed E-state index contributed by atoms with van der Waals surface area (Å²) in [6, 6.07) is 11.2. The Bertz CT molecular complexity index is 659. The highest BCUT2D eigenvalue weighted by atomic mass is 19.2. The van der Waals surface area contributed by atoms with E-state index in [0.29, 0.717) is 6.54 Å². The average molecular weight is 305 g/mol. The third-order valence-electron chi connectivity index (χ3n) is 3.42. The maximum absolute atomic E-state index is 13.5. The molecule has 0 radical (unpaired) electrons. The van der Waals surface area contributed by atoms with E-state index in [9.17, 15) is 18.7 Å². The molecule has 2 aromatic rings. The summed E-state index contributed by atoms with van der Waals surface area (Å²) in [6.45, 7) is 0.196. The first-order valence-corrected chi connectivity index (χ1v) is 6.99. The monoisotopic (exact) mass is 305 g/mol. The fraction of sp³-hybridized carbons (Fsp3) is 0.235. The lowest BCUT2D eigenvalue weighted by molar-refractivity contribution is -0.121. The molecular formula is C17H17F2NO2. The minimum absolute atomic E-state index is 0.0711. The number of carbonyl (C=O) groups excluding carboxylic acids is 1. The van der Waals surface area contributed by atoms with Gasteiger partial charge in [0, 0.05) is 13.0 Å². The van der Waals surface area contributed by atoms with Crippen LogP contribution in [0, 0.1) is 11.6 Å². The average Bonchev–Trinajstić information content (AvgIpc) is 2.54. The molecular weight excluding hydrogens is 288 g/mol. The van der Waals surface area contributed by atoms with Crippen molar-refractivity contribution in [2.24, 2.45) is 0 Å². The quantitative estimate of drug-likeness (QED) is 0.862. The highest BCUT2D eigenvalue weighted by Crippen LogP contribution is 2.13. The first-order chi connectivity index (χ1) is 10.6. The molecule has 0 unspecified atom stereocenters. The van der Waals surface area contributed by atoms with E-state index >= 15 is 0 Å². The second-order valence-corrected chi connectivity index (χ2v) is 4.92. The van der Waals surface area contributed by atoms with Crippen LogP contribution in [-0.4, -0.2) is 11.0 Å². The van der Waals surface area contributed by atoms with Crippen LogP contribution in [0.1, 0.15) is 23.1 Å². The smallest absolute Gasteiger partial charge is 0.220 e. The number of halogens is 2. The van der Waals surface area contributed by atoms with Gasteiger partial charge in [0.05, 0.1) is 6.61 Å². The zero-order valence-electron chi connectivity index (χ0n) is 12.0. The fourth-order valence-corrected chi connectivity index (χ4v) is 2.16. The summed E-state index contributed by atoms with van der Waals surface area (Å²) >= 11 is 0. The van der Waals surface area contributed by atoms with Crippen LogP contribution < -0.4 is 5.32 Å². The zero-order chi connectivity index (χ0) is 15.9. The first kappa shape index (κ1) is 16.1. The molecule has 1 amide bonds. The number of aliphatic hydroxyl groups is 1. The number of aryl methyl sites for hydroxylation is 1. The largest absolute Gasteiger partial charge is 0.392 e. The van der Waals surface area contributed by atoms with Crippen LogP contribution in [0.3, 0.4) is 0 Å². The number of amides is 1. The maximum Gasteiger partial charge on any atom is 0.220 e. The zero-order valence-corrected chi connectivity index (χ0v) is 12.0. The van der Waals surface area contributed by atoms with Gasteiger partial charge in [-0.15, -0.1) is 0 Å². The van der Waals surface area contributed by atoms with Crippen LogP contribution >= 0.6 is 0 Å². The summed E-state index contributed by atoms with van der Waals surface area (Å²) in [6.07, 6.45) is 0.207. The molecule has 0 bridgehead atoms. The predicted molar refractivity (Wildman–Crippen MR) is 78.9 cm³/mol. The van der Waals surface area contributed by atoms with Gasteiger partial charge in [-0.1, -0.05) is 36.4 Å². The van der Waals surface area contributed by atoms with E-state index in [1.54, 1.807) is 6.07 Å². The lowest BCUT2D eigenvalue weighted by atomic mass is 10.1. The minimum Gasteiger partial charge on any atom is -0.392 e. The molecule has 0 aromatic heterocycles. The standard InChI is InChI=1S/C17H17F2NO2/c18-15-7-3-6-12(17(15)19)8-9-16(22)20-10-13-4-1-2-5-14(13)11-21/h1-7,21H,8-11H2,(H,20,22). The van der Waals surface area contributed by atoms with E-state index in [1.165, 1.54) is 12.1 Å². The molecule has 0 fully saturated rings. The summed E-state index contributed by atoms with van der Waals surface area (Å²) in [5.41, 5.74) is 1.76. The van der Waals surface area contributed by atoms with Gasteiger partial charge < -0.3 is 10.4 Å². The summed E-state index contributed by atoms with van der Waals surface area (Å²) in [7, 11) is 0. The van der Waals surface area contributed by atoms with Crippen molar-refractivity contribution in [3.8, 4) is 0 Å². The van der Waals surface area contributed by atoms with E-state index < -0.39 is 11.6 Å². The molecule has 0 heterocycles. The fourth-order valence-electron chi connectivity index (χ4n) is 2.16. The molecule has 0 saturated carbocycles. The molecule has 0 aliphatic rings. The molecule has 2 N–H and O–H groups in total. The molecule has 116 valence electrons. The van der Waals surface area contributed by atoms with Crippen molar-refractivity contribution in [2.75, 3.05) is 0 Å². The Morgan fingerprint density at radius 3 is 2.41 bits per heavy atom. The van der Waals surface area contributed by atoms with Gasteiger partial charge >= 0.3 is 0 Å². The first-order valence-electron chi connectivity index (χ1n) is 6.99. The Balaban J connectivity index is 1.87. The Kier molecular flexibility index (Phi) is 5.61. The third kappa shape index (κ3) is 4.11. The lowest BCUT2D eigenvalue weighted by Gasteiger charge is -2.09. The number of hydrogen-bond acceptors (Lipinski definition) is 2. The van der Waals surface area contributed by atoms with Crippen molar-refractivity contribution < 1.29 is 18.7 Å². The SMILES string of the molecule is O=C(CCc1cccc(F)c1F)NCc1ccccc1CO. The molecule has 2 rings (SSSR count). The molecule has 0 saturated heterocycles. The molecule has 0 spiro atoms. The van der Waals surface area contributed by atoms with Crippen LogP contribution in [-0.2, 0) is 24.4 Å². The number of benzene rings is 2. The van der Waals surface area contributed by atoms with Gasteiger partial charge in [0.2, 0.25) is 5.91 Å². The van der Waals surface area contributed by atoms with Crippen LogP contribution in [0.25, 0.3) is 0 Å². The van der Waals surface area contributed by atoms with Crippen LogP contribution in [0.5, 0.6) is 0 Å². The number of aliphatic hydroxyl groups excluding tert-OH is 1. The number of nitrogens with one attached hydrogen (secondary N) is 1. The van der Waals surface area contributed by atoms with E-state index in [2.05, 4.69) is 5.32 Å². The molecule has 5 heteroatoms. The van der Waals surface area contributed by atoms with Crippen LogP contribution in [0.4, 0.5) is 8.78 Å². The van der Waals surface area contributed by atoms with E-state index in [0.717, 1.165) is 17.2 Å². The topological polar surface area (TPSA) is 49.3 Å². The Morgan fingerprint density at radius 1 is 1.00 bits per heavy atom. The highest BCUT2D eigenvalue weighted by molar-refractivity contribution is 5.76. The second-order valence-electron chi connectivity index (χ2n) is 4.92. The second kappa shape index (κ2) is 7.66. The van der Waals surface area contributed by atoms with Crippen LogP contribution in [0.2, 0.25) is 0 Å². The Morgan fingerprint density at radius 2 is 1.68 bits per heavy atom. The number of carbonyl (C=O) groups is 1. The van der Waals surface area contributed by atoms with Crippen molar-refractivity contribution in [3.05, 3.63) is 70.8 Å². The molecule has 0 aliphatic heterocycles. The third-order valence-corrected chi connectivity index (χ3v) is 3.42. The number of hydrogen-bond donors (Lipinski definition) is 2. The summed E-state index contributed by atoms with van der Waals surface area (Å²) in [5.74, 6) is -2.06. The van der Waals surface area contributed by atoms with Crippen molar-refractivity contribution in [3.63, 3.8) is 0 Å². The number of rotatable bonds is 6. The van der Waals surface area contributed by atoms with Crippen molar-refractivity contribution in [1.29, 1.82) is 0 Å². The molecule has 2 aromatic carbocycles. The summed E-state index contributed by atoms with van der Waals surface area (Å²) in [4.78, 5) is 11.8. The summed E-state index contributed by atoms with van der Waals surface area (Å²) in [5, 5.41) is 11.9. The Labute approximate surface area is 127 Å². The molecule has 22 heavy (non-hydrogen) atoms. The van der Waals surface area contributed by atoms with E-state index in [4.69, 9.17) is 0 Å². The normalized spacial score (nSPS) is 10.5. The van der Waals surface area contributed by atoms with Gasteiger partial charge in [0.15, 0.2) is 11.6 Å². The maximum atomic E-state index is 13.5. The van der Waals surface area contributed by atoms with Gasteiger partial charge in [-0.2, -0.15) is 0 Å². The van der Waals surface area contributed by atoms with Gasteiger partial charge in [0.25, 0.3) is 0 Å². The van der Waals surface area contributed by atoms with Gasteiger partial charge in [0.1, 0.15) is 0 Å². The van der Waals surface area contributed by atoms with Crippen LogP contribution in [0.15, 0.2) is 42.5 Å². The van der Waals surface area contributed by atoms with Gasteiger partial charge in [-0.3, -0.25) is 4.79 Å². The Hall–Kier alpha value is -2.27. The lowest BCUT2D eigenvalue weighted by Crippen LogP contribution is -2.23. The predicted octanol–water partition coefficient (Wildman–Crippen LogP) is 2.71. The minimum atomic E-state index is -0.908. The molecule has 0 aliphatic carbocycles. The van der Waals surface area contributed by atoms with Crippen molar-refractivity contribution in [1.82, 2.24) is 5.32 Å². The van der Waals surface area contributed by atoms with Gasteiger partial charge in [-0.05, 0) is 29.2 Å². The van der Waals surface area contributed by atoms with Crippen molar-refractivity contribution >= 4 is 5.91 Å². The molecule has 3 nitrogen and oxygen atoms in total.